The largest absolute Gasteiger partial charge is 3.00 e. The van der Waals surface area contributed by atoms with Gasteiger partial charge in [-0.1, -0.05) is 0 Å². The third kappa shape index (κ3) is 59.0. The van der Waals surface area contributed by atoms with Crippen LogP contribution >= 0.6 is 0 Å². The Kier molecular flexibility index (Phi) is 40.4. The summed E-state index contributed by atoms with van der Waals surface area (Å²) < 4.78 is 11.2. The maximum absolute atomic E-state index is 10.3. The number of likely N-dealkylation sites (N-methyl/N-ethyl adjacent to an activating group) is 2. The predicted octanol–water partition coefficient (Wildman–Crippen LogP) is -11.5. The van der Waals surface area contributed by atoms with E-state index < -0.39 is 0 Å². The van der Waals surface area contributed by atoms with Gasteiger partial charge in [-0.05, 0) is 0 Å². The minimum Gasteiger partial charge on any atom is -1.00 e. The predicted molar refractivity (Wildman–Crippen MR) is 79.1 cm³/mol. The van der Waals surface area contributed by atoms with Crippen molar-refractivity contribution < 1.29 is 94.7 Å². The molecule has 0 spiro atoms. The SMILES string of the molecule is CC(=O)OCC[N+](C)(C)C.CC(=O)OCC[N+](C)(C)C.[Cl-].[Cl-].[Cl-].[Cl-].[Mn+3]. The van der Waals surface area contributed by atoms with Crippen molar-refractivity contribution in [1.82, 2.24) is 0 Å². The molecular formula is C14H32Cl4MnN2O4+. The number of rotatable bonds is 6. The van der Waals surface area contributed by atoms with E-state index in [2.05, 4.69) is 42.3 Å². The molecule has 0 saturated carbocycles. The number of nitrogens with zero attached hydrogens (tertiary/aromatic N) is 2. The van der Waals surface area contributed by atoms with Crippen molar-refractivity contribution in [1.29, 1.82) is 0 Å². The molecule has 0 bridgehead atoms. The average Bonchev–Trinajstić information content (AvgIpc) is 2.12. The van der Waals surface area contributed by atoms with Crippen molar-refractivity contribution in [2.75, 3.05) is 68.6 Å². The van der Waals surface area contributed by atoms with Crippen molar-refractivity contribution in [2.45, 2.75) is 13.8 Å². The van der Waals surface area contributed by atoms with E-state index in [0.29, 0.717) is 13.2 Å². The molecule has 0 aromatic carbocycles. The standard InChI is InChI=1S/2C7H16NO2.4ClH.Mn/c2*1-7(9)10-6-5-8(2,3)4;;;;;/h2*5-6H2,1-4H3;4*1H;/q2*+1;;;;;+3/p-4. The normalized spacial score (nSPS) is 8.96. The van der Waals surface area contributed by atoms with Gasteiger partial charge in [-0.25, -0.2) is 0 Å². The van der Waals surface area contributed by atoms with E-state index in [1.165, 1.54) is 13.8 Å². The second-order valence-corrected chi connectivity index (χ2v) is 6.71. The molecule has 0 fully saturated rings. The Bertz CT molecular complexity index is 282. The third-order valence-corrected chi connectivity index (χ3v) is 2.13. The molecule has 0 aliphatic carbocycles. The van der Waals surface area contributed by atoms with E-state index in [4.69, 9.17) is 9.47 Å². The zero-order valence-corrected chi connectivity index (χ0v) is 20.4. The van der Waals surface area contributed by atoms with Crippen LogP contribution in [0.1, 0.15) is 13.8 Å². The van der Waals surface area contributed by atoms with Gasteiger partial charge >= 0.3 is 29.0 Å². The van der Waals surface area contributed by atoms with E-state index in [0.717, 1.165) is 22.1 Å². The summed E-state index contributed by atoms with van der Waals surface area (Å²) in [6.45, 7) is 5.60. The van der Waals surface area contributed by atoms with Gasteiger partial charge in [0.2, 0.25) is 0 Å². The number of ether oxygens (including phenoxy) is 2. The molecule has 0 aliphatic rings. The molecule has 6 nitrogen and oxygen atoms in total. The van der Waals surface area contributed by atoms with E-state index >= 15 is 0 Å². The van der Waals surface area contributed by atoms with Crippen LogP contribution in [0.4, 0.5) is 0 Å². The van der Waals surface area contributed by atoms with Crippen molar-refractivity contribution in [3.63, 3.8) is 0 Å². The van der Waals surface area contributed by atoms with E-state index in [1.807, 2.05) is 0 Å². The van der Waals surface area contributed by atoms with Gasteiger partial charge in [-0.15, -0.1) is 0 Å². The first-order valence-electron chi connectivity index (χ1n) is 6.71. The van der Waals surface area contributed by atoms with Crippen LogP contribution in [-0.2, 0) is 36.1 Å². The van der Waals surface area contributed by atoms with Gasteiger partial charge in [0.05, 0.1) is 42.3 Å². The van der Waals surface area contributed by atoms with Crippen LogP contribution in [0.5, 0.6) is 0 Å². The van der Waals surface area contributed by atoms with E-state index in [1.54, 1.807) is 0 Å². The van der Waals surface area contributed by atoms with Gasteiger partial charge in [-0.3, -0.25) is 9.59 Å². The molecule has 25 heavy (non-hydrogen) atoms. The summed E-state index contributed by atoms with van der Waals surface area (Å²) in [6.07, 6.45) is 0. The third-order valence-electron chi connectivity index (χ3n) is 2.13. The Morgan fingerprint density at radius 1 is 0.640 bits per heavy atom. The Balaban J connectivity index is -0.0000000432. The van der Waals surface area contributed by atoms with Crippen LogP contribution in [0.3, 0.4) is 0 Å². The topological polar surface area (TPSA) is 52.6 Å². The van der Waals surface area contributed by atoms with Gasteiger partial charge in [0.1, 0.15) is 26.3 Å². The average molecular weight is 489 g/mol. The van der Waals surface area contributed by atoms with Crippen LogP contribution in [-0.4, -0.2) is 89.5 Å². The van der Waals surface area contributed by atoms with Gasteiger partial charge in [-0.2, -0.15) is 0 Å². The quantitative estimate of drug-likeness (QED) is 0.212. The second kappa shape index (κ2) is 22.6. The Morgan fingerprint density at radius 2 is 0.840 bits per heavy atom. The Hall–Kier alpha value is 0.539. The summed E-state index contributed by atoms with van der Waals surface area (Å²) in [5, 5.41) is 0. The minimum absolute atomic E-state index is 0. The molecule has 0 amide bonds. The maximum Gasteiger partial charge on any atom is 3.00 e. The van der Waals surface area contributed by atoms with E-state index in [9.17, 15) is 9.59 Å². The Morgan fingerprint density at radius 3 is 0.960 bits per heavy atom. The van der Waals surface area contributed by atoms with Gasteiger partial charge in [0.25, 0.3) is 0 Å². The van der Waals surface area contributed by atoms with Gasteiger partial charge in [0.15, 0.2) is 0 Å². The monoisotopic (exact) mass is 487 g/mol. The smallest absolute Gasteiger partial charge is 1.00 e. The molecule has 0 heterocycles. The molecule has 0 atom stereocenters. The van der Waals surface area contributed by atoms with Gasteiger partial charge < -0.3 is 68.1 Å². The van der Waals surface area contributed by atoms with Crippen LogP contribution < -0.4 is 49.6 Å². The molecule has 0 aliphatic heterocycles. The van der Waals surface area contributed by atoms with Crippen molar-refractivity contribution in [2.24, 2.45) is 0 Å². The number of hydrogen-bond acceptors (Lipinski definition) is 4. The number of hydrogen-bond donors (Lipinski definition) is 0. The molecule has 0 radical (unpaired) electrons. The number of carbonyl (C=O) groups is 2. The molecule has 0 aromatic rings. The second-order valence-electron chi connectivity index (χ2n) is 6.71. The zero-order valence-electron chi connectivity index (χ0n) is 16.2. The van der Waals surface area contributed by atoms with Crippen LogP contribution in [0.2, 0.25) is 0 Å². The van der Waals surface area contributed by atoms with Gasteiger partial charge in [0, 0.05) is 13.8 Å². The maximum atomic E-state index is 10.3. The first-order valence-corrected chi connectivity index (χ1v) is 6.71. The van der Waals surface area contributed by atoms with Crippen molar-refractivity contribution in [3.05, 3.63) is 0 Å². The molecule has 156 valence electrons. The summed E-state index contributed by atoms with van der Waals surface area (Å²) in [5.74, 6) is -0.401. The molecule has 0 unspecified atom stereocenters. The fourth-order valence-corrected chi connectivity index (χ4v) is 0.926. The number of esters is 2. The molecule has 11 heteroatoms. The Labute approximate surface area is 188 Å². The number of halogens is 4. The fourth-order valence-electron chi connectivity index (χ4n) is 0.926. The van der Waals surface area contributed by atoms with Crippen LogP contribution in [0, 0.1) is 0 Å². The summed E-state index contributed by atoms with van der Waals surface area (Å²) in [6, 6.07) is 0. The number of carbonyl (C=O) groups excluding carboxylic acids is 2. The van der Waals surface area contributed by atoms with Crippen LogP contribution in [0.25, 0.3) is 0 Å². The summed E-state index contributed by atoms with van der Waals surface area (Å²) in [5.41, 5.74) is 0. The van der Waals surface area contributed by atoms with Crippen LogP contribution in [0.15, 0.2) is 0 Å². The molecule has 0 aromatic heterocycles. The first kappa shape index (κ1) is 44.7. The molecule has 0 N–H and O–H groups in total. The zero-order chi connectivity index (χ0) is 16.4. The minimum atomic E-state index is -0.201. The molecular weight excluding hydrogens is 457 g/mol. The summed E-state index contributed by atoms with van der Waals surface area (Å²) >= 11 is 0. The molecule has 0 rings (SSSR count). The van der Waals surface area contributed by atoms with Crippen molar-refractivity contribution in [3.8, 4) is 0 Å². The summed E-state index contributed by atoms with van der Waals surface area (Å²) in [4.78, 5) is 20.6. The number of quaternary nitrogens is 2. The first-order chi connectivity index (χ1) is 8.83. The molecule has 0 saturated heterocycles. The fraction of sp³-hybridized carbons (Fsp3) is 0.857. The van der Waals surface area contributed by atoms with E-state index in [-0.39, 0.29) is 78.6 Å². The van der Waals surface area contributed by atoms with Crippen molar-refractivity contribution >= 4 is 11.9 Å². The summed E-state index contributed by atoms with van der Waals surface area (Å²) in [7, 11) is 12.4.